The van der Waals surface area contributed by atoms with E-state index in [1.165, 1.54) is 11.3 Å². The van der Waals surface area contributed by atoms with Crippen LogP contribution in [0.15, 0.2) is 15.9 Å². The first-order valence-corrected chi connectivity index (χ1v) is 5.82. The maximum Gasteiger partial charge on any atom is 0.312 e. The number of halogens is 1. The third-order valence-corrected chi connectivity index (χ3v) is 4.03. The molecule has 0 aromatic carbocycles. The molecule has 1 atom stereocenters. The third kappa shape index (κ3) is 1.94. The Morgan fingerprint density at radius 2 is 2.38 bits per heavy atom. The highest BCUT2D eigenvalue weighted by Gasteiger charge is 2.38. The number of thiophene rings is 1. The van der Waals surface area contributed by atoms with Crippen LogP contribution in [0.2, 0.25) is 0 Å². The molecule has 0 amide bonds. The van der Waals surface area contributed by atoms with Crippen LogP contribution in [-0.4, -0.2) is 11.1 Å². The first kappa shape index (κ1) is 9.21. The molecule has 1 N–H and O–H groups in total. The zero-order valence-corrected chi connectivity index (χ0v) is 9.27. The van der Waals surface area contributed by atoms with Crippen LogP contribution in [0.4, 0.5) is 0 Å². The van der Waals surface area contributed by atoms with Gasteiger partial charge in [0.25, 0.3) is 0 Å². The van der Waals surface area contributed by atoms with Gasteiger partial charge in [0.2, 0.25) is 0 Å². The lowest BCUT2D eigenvalue weighted by atomic mass is 10.0. The van der Waals surface area contributed by atoms with Gasteiger partial charge < -0.3 is 5.11 Å². The molecule has 13 heavy (non-hydrogen) atoms. The molecule has 2 rings (SSSR count). The molecule has 1 fully saturated rings. The van der Waals surface area contributed by atoms with Crippen LogP contribution >= 0.6 is 27.3 Å². The van der Waals surface area contributed by atoms with Crippen LogP contribution in [-0.2, 0) is 4.79 Å². The molecule has 70 valence electrons. The minimum Gasteiger partial charge on any atom is -0.481 e. The van der Waals surface area contributed by atoms with E-state index in [4.69, 9.17) is 5.11 Å². The normalized spacial score (nSPS) is 18.5. The van der Waals surface area contributed by atoms with E-state index >= 15 is 0 Å². The number of carboxylic acids is 1. The summed E-state index contributed by atoms with van der Waals surface area (Å²) in [5.41, 5.74) is 0. The van der Waals surface area contributed by atoms with Crippen molar-refractivity contribution < 1.29 is 9.90 Å². The average molecular weight is 261 g/mol. The second-order valence-corrected chi connectivity index (χ2v) is 5.18. The number of aliphatic carboxylic acids is 1. The molecule has 0 saturated heterocycles. The largest absolute Gasteiger partial charge is 0.481 e. The van der Waals surface area contributed by atoms with Crippen molar-refractivity contribution >= 4 is 33.2 Å². The number of carbonyl (C=O) groups is 1. The Labute approximate surface area is 88.7 Å². The molecule has 1 aromatic heterocycles. The van der Waals surface area contributed by atoms with Gasteiger partial charge in [-0.1, -0.05) is 0 Å². The van der Waals surface area contributed by atoms with Gasteiger partial charge >= 0.3 is 5.97 Å². The minimum absolute atomic E-state index is 0.267. The quantitative estimate of drug-likeness (QED) is 0.907. The Balaban J connectivity index is 2.24. The van der Waals surface area contributed by atoms with Crippen molar-refractivity contribution in [3.05, 3.63) is 20.8 Å². The Hall–Kier alpha value is -0.350. The predicted molar refractivity (Wildman–Crippen MR) is 55.1 cm³/mol. The number of hydrogen-bond acceptors (Lipinski definition) is 2. The average Bonchev–Trinajstić information content (AvgIpc) is 2.76. The molecule has 1 aliphatic carbocycles. The summed E-state index contributed by atoms with van der Waals surface area (Å²) in [6.45, 7) is 0. The van der Waals surface area contributed by atoms with E-state index in [2.05, 4.69) is 15.9 Å². The molecule has 1 saturated carbocycles. The maximum absolute atomic E-state index is 11.0. The molecular formula is C9H9BrO2S. The van der Waals surface area contributed by atoms with Gasteiger partial charge in [-0.25, -0.2) is 0 Å². The highest BCUT2D eigenvalue weighted by Crippen LogP contribution is 2.44. The van der Waals surface area contributed by atoms with Crippen LogP contribution in [0.5, 0.6) is 0 Å². The zero-order valence-electron chi connectivity index (χ0n) is 6.87. The lowest BCUT2D eigenvalue weighted by Crippen LogP contribution is -2.11. The van der Waals surface area contributed by atoms with Gasteiger partial charge in [-0.3, -0.25) is 4.79 Å². The molecule has 0 spiro atoms. The minimum atomic E-state index is -0.683. The Morgan fingerprint density at radius 1 is 1.69 bits per heavy atom. The first-order chi connectivity index (χ1) is 6.18. The van der Waals surface area contributed by atoms with Crippen molar-refractivity contribution in [2.45, 2.75) is 18.8 Å². The van der Waals surface area contributed by atoms with Crippen LogP contribution in [0, 0.1) is 5.92 Å². The summed E-state index contributed by atoms with van der Waals surface area (Å²) in [6, 6.07) is 1.92. The summed E-state index contributed by atoms with van der Waals surface area (Å²) >= 11 is 4.86. The zero-order chi connectivity index (χ0) is 9.42. The van der Waals surface area contributed by atoms with E-state index in [0.717, 1.165) is 22.2 Å². The van der Waals surface area contributed by atoms with E-state index in [-0.39, 0.29) is 5.92 Å². The smallest absolute Gasteiger partial charge is 0.312 e. The summed E-state index contributed by atoms with van der Waals surface area (Å²) in [6.07, 6.45) is 2.12. The summed E-state index contributed by atoms with van der Waals surface area (Å²) in [5.74, 6) is -0.573. The molecule has 0 radical (unpaired) electrons. The maximum atomic E-state index is 11.0. The van der Waals surface area contributed by atoms with Crippen molar-refractivity contribution in [1.82, 2.24) is 0 Å². The van der Waals surface area contributed by atoms with Gasteiger partial charge in [0.15, 0.2) is 0 Å². The molecule has 1 unspecified atom stereocenters. The monoisotopic (exact) mass is 260 g/mol. The van der Waals surface area contributed by atoms with E-state index in [9.17, 15) is 4.79 Å². The number of carboxylic acid groups (broad SMARTS) is 1. The van der Waals surface area contributed by atoms with E-state index in [1.807, 2.05) is 11.4 Å². The van der Waals surface area contributed by atoms with Gasteiger partial charge in [-0.15, -0.1) is 11.3 Å². The lowest BCUT2D eigenvalue weighted by molar-refractivity contribution is -0.139. The van der Waals surface area contributed by atoms with Crippen LogP contribution < -0.4 is 0 Å². The Morgan fingerprint density at radius 3 is 2.77 bits per heavy atom. The Kier molecular flexibility index (Phi) is 2.43. The standard InChI is InChI=1S/C9H9BrO2S/c10-6-3-7(13-4-6)8(9(11)12)5-1-2-5/h3-5,8H,1-2H2,(H,11,12). The molecule has 2 nitrogen and oxygen atoms in total. The fourth-order valence-corrected chi connectivity index (χ4v) is 3.11. The van der Waals surface area contributed by atoms with Crippen LogP contribution in [0.25, 0.3) is 0 Å². The molecule has 1 heterocycles. The van der Waals surface area contributed by atoms with Gasteiger partial charge in [0.1, 0.15) is 0 Å². The predicted octanol–water partition coefficient (Wildman–Crippen LogP) is 3.09. The summed E-state index contributed by atoms with van der Waals surface area (Å²) in [5, 5.41) is 11.0. The molecule has 0 bridgehead atoms. The second-order valence-electron chi connectivity index (χ2n) is 3.32. The SMILES string of the molecule is O=C(O)C(c1cc(Br)cs1)C1CC1. The van der Waals surface area contributed by atoms with Gasteiger partial charge in [-0.05, 0) is 40.8 Å². The number of hydrogen-bond donors (Lipinski definition) is 1. The van der Waals surface area contributed by atoms with Gasteiger partial charge in [-0.2, -0.15) is 0 Å². The fraction of sp³-hybridized carbons (Fsp3) is 0.444. The second kappa shape index (κ2) is 3.42. The summed E-state index contributed by atoms with van der Waals surface area (Å²) in [4.78, 5) is 12.0. The summed E-state index contributed by atoms with van der Waals surface area (Å²) in [7, 11) is 0. The highest BCUT2D eigenvalue weighted by molar-refractivity contribution is 9.10. The first-order valence-electron chi connectivity index (χ1n) is 4.15. The lowest BCUT2D eigenvalue weighted by Gasteiger charge is -2.07. The van der Waals surface area contributed by atoms with Crippen molar-refractivity contribution in [2.24, 2.45) is 5.92 Å². The molecule has 1 aliphatic rings. The van der Waals surface area contributed by atoms with E-state index in [1.54, 1.807) is 0 Å². The molecule has 0 aliphatic heterocycles. The molecular weight excluding hydrogens is 252 g/mol. The Bertz CT molecular complexity index is 330. The van der Waals surface area contributed by atoms with Gasteiger partial charge in [0.05, 0.1) is 5.92 Å². The highest BCUT2D eigenvalue weighted by atomic mass is 79.9. The van der Waals surface area contributed by atoms with Crippen molar-refractivity contribution in [3.8, 4) is 0 Å². The van der Waals surface area contributed by atoms with Crippen molar-refractivity contribution in [2.75, 3.05) is 0 Å². The topological polar surface area (TPSA) is 37.3 Å². The van der Waals surface area contributed by atoms with Gasteiger partial charge in [0, 0.05) is 14.7 Å². The van der Waals surface area contributed by atoms with Crippen molar-refractivity contribution in [1.29, 1.82) is 0 Å². The van der Waals surface area contributed by atoms with Crippen LogP contribution in [0.3, 0.4) is 0 Å². The fourth-order valence-electron chi connectivity index (χ4n) is 1.48. The molecule has 1 aromatic rings. The van der Waals surface area contributed by atoms with E-state index < -0.39 is 5.97 Å². The third-order valence-electron chi connectivity index (χ3n) is 2.25. The molecule has 4 heteroatoms. The van der Waals surface area contributed by atoms with Crippen molar-refractivity contribution in [3.63, 3.8) is 0 Å². The van der Waals surface area contributed by atoms with Crippen LogP contribution in [0.1, 0.15) is 23.6 Å². The summed E-state index contributed by atoms with van der Waals surface area (Å²) < 4.78 is 0.986. The van der Waals surface area contributed by atoms with E-state index in [0.29, 0.717) is 5.92 Å². The number of rotatable bonds is 3.